The van der Waals surface area contributed by atoms with Crippen molar-refractivity contribution in [2.75, 3.05) is 12.4 Å². The molecule has 0 aliphatic heterocycles. The van der Waals surface area contributed by atoms with Crippen molar-refractivity contribution in [3.63, 3.8) is 0 Å². The lowest BCUT2D eigenvalue weighted by Gasteiger charge is -2.39. The molecule has 1 saturated carbocycles. The van der Waals surface area contributed by atoms with Gasteiger partial charge in [0.2, 0.25) is 0 Å². The monoisotopic (exact) mass is 231 g/mol. The minimum atomic E-state index is 0.266. The second-order valence-corrected chi connectivity index (χ2v) is 5.50. The summed E-state index contributed by atoms with van der Waals surface area (Å²) in [6.45, 7) is 5.75. The van der Waals surface area contributed by atoms with Crippen LogP contribution < -0.4 is 5.32 Å². The summed E-state index contributed by atoms with van der Waals surface area (Å²) in [6.07, 6.45) is 9.15. The van der Waals surface area contributed by atoms with E-state index in [1.54, 1.807) is 0 Å². The Morgan fingerprint density at radius 1 is 1.27 bits per heavy atom. The Morgan fingerprint density at radius 2 is 1.93 bits per heavy atom. The van der Waals surface area contributed by atoms with E-state index in [1.165, 1.54) is 44.9 Å². The molecule has 0 saturated heterocycles. The molecular weight excluding hydrogens is 206 g/mol. The van der Waals surface area contributed by atoms with Crippen LogP contribution in [0.3, 0.4) is 0 Å². The first-order chi connectivity index (χ1) is 7.22. The van der Waals surface area contributed by atoms with Gasteiger partial charge in [0.1, 0.15) is 0 Å². The number of nitrogens with one attached hydrogen (secondary N) is 1. The zero-order valence-electron chi connectivity index (χ0n) is 10.3. The van der Waals surface area contributed by atoms with E-state index >= 15 is 0 Å². The summed E-state index contributed by atoms with van der Waals surface area (Å²) in [5, 5.41) is 3.71. The van der Waals surface area contributed by atoms with Gasteiger partial charge in [-0.15, -0.1) is 11.6 Å². The molecule has 90 valence electrons. The summed E-state index contributed by atoms with van der Waals surface area (Å²) in [5.74, 6) is 1.69. The molecule has 0 aromatic rings. The Morgan fingerprint density at radius 3 is 2.47 bits per heavy atom. The summed E-state index contributed by atoms with van der Waals surface area (Å²) in [4.78, 5) is 0. The predicted molar refractivity (Wildman–Crippen MR) is 68.6 cm³/mol. The molecule has 0 aromatic heterocycles. The molecule has 1 fully saturated rings. The van der Waals surface area contributed by atoms with Crippen molar-refractivity contribution in [1.82, 2.24) is 5.32 Å². The van der Waals surface area contributed by atoms with Crippen LogP contribution in [0.25, 0.3) is 0 Å². The van der Waals surface area contributed by atoms with Crippen LogP contribution in [-0.2, 0) is 0 Å². The van der Waals surface area contributed by atoms with E-state index in [0.29, 0.717) is 0 Å². The summed E-state index contributed by atoms with van der Waals surface area (Å²) in [6, 6.07) is 0. The van der Waals surface area contributed by atoms with Gasteiger partial charge in [0.15, 0.2) is 0 Å². The minimum Gasteiger partial charge on any atom is -0.310 e. The molecule has 0 aromatic carbocycles. The molecule has 0 amide bonds. The number of hydrogen-bond donors (Lipinski definition) is 1. The third-order valence-electron chi connectivity index (χ3n) is 3.77. The topological polar surface area (TPSA) is 12.0 Å². The van der Waals surface area contributed by atoms with Crippen molar-refractivity contribution in [2.24, 2.45) is 5.92 Å². The van der Waals surface area contributed by atoms with Gasteiger partial charge in [0, 0.05) is 11.4 Å². The Kier molecular flexibility index (Phi) is 5.99. The fourth-order valence-corrected chi connectivity index (χ4v) is 2.76. The van der Waals surface area contributed by atoms with Crippen molar-refractivity contribution in [3.8, 4) is 0 Å². The molecule has 1 N–H and O–H groups in total. The van der Waals surface area contributed by atoms with E-state index in [1.807, 2.05) is 0 Å². The second kappa shape index (κ2) is 6.75. The van der Waals surface area contributed by atoms with Gasteiger partial charge in [0.25, 0.3) is 0 Å². The van der Waals surface area contributed by atoms with Crippen LogP contribution in [0.2, 0.25) is 0 Å². The lowest BCUT2D eigenvalue weighted by atomic mass is 9.78. The molecule has 0 unspecified atom stereocenters. The molecule has 0 radical (unpaired) electrons. The molecule has 15 heavy (non-hydrogen) atoms. The summed E-state index contributed by atoms with van der Waals surface area (Å²) >= 11 is 6.14. The maximum Gasteiger partial charge on any atom is 0.0406 e. The van der Waals surface area contributed by atoms with Crippen molar-refractivity contribution in [2.45, 2.75) is 64.3 Å². The molecule has 0 heterocycles. The molecule has 1 aliphatic rings. The van der Waals surface area contributed by atoms with Crippen molar-refractivity contribution in [1.29, 1.82) is 0 Å². The molecule has 1 nitrogen and oxygen atoms in total. The quantitative estimate of drug-likeness (QED) is 0.539. The van der Waals surface area contributed by atoms with E-state index in [2.05, 4.69) is 19.2 Å². The van der Waals surface area contributed by atoms with E-state index in [-0.39, 0.29) is 5.54 Å². The fourth-order valence-electron chi connectivity index (χ4n) is 2.40. The number of hydrogen-bond acceptors (Lipinski definition) is 1. The zero-order valence-corrected chi connectivity index (χ0v) is 11.1. The highest BCUT2D eigenvalue weighted by Gasteiger charge is 2.32. The molecule has 0 bridgehead atoms. The van der Waals surface area contributed by atoms with Gasteiger partial charge < -0.3 is 5.32 Å². The van der Waals surface area contributed by atoms with Gasteiger partial charge in [-0.1, -0.05) is 26.7 Å². The second-order valence-electron chi connectivity index (χ2n) is 5.23. The third kappa shape index (κ3) is 4.32. The highest BCUT2D eigenvalue weighted by molar-refractivity contribution is 6.18. The SMILES string of the molecule is CCCCCNC1(CCl)CCC(C)CC1. The number of rotatable bonds is 6. The summed E-state index contributed by atoms with van der Waals surface area (Å²) in [5.41, 5.74) is 0.266. The first-order valence-electron chi connectivity index (χ1n) is 6.53. The van der Waals surface area contributed by atoms with E-state index < -0.39 is 0 Å². The van der Waals surface area contributed by atoms with Crippen LogP contribution >= 0.6 is 11.6 Å². The largest absolute Gasteiger partial charge is 0.310 e. The van der Waals surface area contributed by atoms with Crippen molar-refractivity contribution in [3.05, 3.63) is 0 Å². The molecule has 0 atom stereocenters. The molecule has 1 rings (SSSR count). The average Bonchev–Trinajstić information content (AvgIpc) is 2.28. The van der Waals surface area contributed by atoms with Crippen LogP contribution in [0.4, 0.5) is 0 Å². The first-order valence-corrected chi connectivity index (χ1v) is 7.07. The van der Waals surface area contributed by atoms with Crippen LogP contribution in [-0.4, -0.2) is 18.0 Å². The predicted octanol–water partition coefficient (Wildman–Crippen LogP) is 3.95. The molecular formula is C13H26ClN. The maximum absolute atomic E-state index is 6.14. The standard InChI is InChI=1S/C13H26ClN/c1-3-4-5-10-15-13(11-14)8-6-12(2)7-9-13/h12,15H,3-11H2,1-2H3. The third-order valence-corrected chi connectivity index (χ3v) is 4.28. The van der Waals surface area contributed by atoms with Crippen LogP contribution in [0.1, 0.15) is 58.8 Å². The van der Waals surface area contributed by atoms with Crippen molar-refractivity contribution >= 4 is 11.6 Å². The number of unbranched alkanes of at least 4 members (excludes halogenated alkanes) is 2. The van der Waals surface area contributed by atoms with Gasteiger partial charge in [-0.05, 0) is 44.6 Å². The lowest BCUT2D eigenvalue weighted by molar-refractivity contribution is 0.217. The lowest BCUT2D eigenvalue weighted by Crippen LogP contribution is -2.49. The smallest absolute Gasteiger partial charge is 0.0406 e. The molecule has 0 spiro atoms. The van der Waals surface area contributed by atoms with Gasteiger partial charge in [-0.3, -0.25) is 0 Å². The van der Waals surface area contributed by atoms with Gasteiger partial charge >= 0.3 is 0 Å². The van der Waals surface area contributed by atoms with Gasteiger partial charge in [-0.25, -0.2) is 0 Å². The number of alkyl halides is 1. The van der Waals surface area contributed by atoms with E-state index in [0.717, 1.165) is 18.3 Å². The summed E-state index contributed by atoms with van der Waals surface area (Å²) in [7, 11) is 0. The Balaban J connectivity index is 2.27. The van der Waals surface area contributed by atoms with Gasteiger partial charge in [0.05, 0.1) is 0 Å². The van der Waals surface area contributed by atoms with Gasteiger partial charge in [-0.2, -0.15) is 0 Å². The molecule has 1 aliphatic carbocycles. The Bertz CT molecular complexity index is 162. The summed E-state index contributed by atoms with van der Waals surface area (Å²) < 4.78 is 0. The fraction of sp³-hybridized carbons (Fsp3) is 1.00. The zero-order chi connectivity index (χ0) is 11.1. The van der Waals surface area contributed by atoms with Crippen LogP contribution in [0, 0.1) is 5.92 Å². The van der Waals surface area contributed by atoms with E-state index in [9.17, 15) is 0 Å². The average molecular weight is 232 g/mol. The minimum absolute atomic E-state index is 0.266. The Hall–Kier alpha value is 0.250. The van der Waals surface area contributed by atoms with Crippen LogP contribution in [0.15, 0.2) is 0 Å². The normalized spacial score (nSPS) is 31.8. The molecule has 2 heteroatoms. The Labute approximate surface area is 100.0 Å². The maximum atomic E-state index is 6.14. The highest BCUT2D eigenvalue weighted by atomic mass is 35.5. The van der Waals surface area contributed by atoms with Crippen LogP contribution in [0.5, 0.6) is 0 Å². The number of halogens is 1. The van der Waals surface area contributed by atoms with E-state index in [4.69, 9.17) is 11.6 Å². The first kappa shape index (κ1) is 13.3. The van der Waals surface area contributed by atoms with Crippen molar-refractivity contribution < 1.29 is 0 Å². The highest BCUT2D eigenvalue weighted by Crippen LogP contribution is 2.32.